The van der Waals surface area contributed by atoms with Gasteiger partial charge in [0.25, 0.3) is 0 Å². The lowest BCUT2D eigenvalue weighted by atomic mass is 10.1. The maximum Gasteiger partial charge on any atom is 0.416 e. The molecule has 2 rings (SSSR count). The first-order chi connectivity index (χ1) is 8.39. The zero-order valence-corrected chi connectivity index (χ0v) is 9.79. The van der Waals surface area contributed by atoms with Crippen LogP contribution in [0.25, 0.3) is 0 Å². The van der Waals surface area contributed by atoms with Gasteiger partial charge in [-0.1, -0.05) is 6.07 Å². The quantitative estimate of drug-likeness (QED) is 0.836. The molecule has 18 heavy (non-hydrogen) atoms. The number of carbonyl (C=O) groups excluding carboxylic acids is 1. The third kappa shape index (κ3) is 2.42. The first-order valence-corrected chi connectivity index (χ1v) is 5.61. The van der Waals surface area contributed by atoms with Gasteiger partial charge < -0.3 is 10.2 Å². The third-order valence-electron chi connectivity index (χ3n) is 3.00. The van der Waals surface area contributed by atoms with Crippen molar-refractivity contribution in [2.45, 2.75) is 19.1 Å². The standard InChI is InChI=1S/C12H13F3N2O/c1-8-11(18)16-5-6-17(8)10-4-2-3-9(7-10)12(13,14)15/h2-4,7-8H,5-6H2,1H3,(H,16,18). The van der Waals surface area contributed by atoms with Crippen LogP contribution in [0.2, 0.25) is 0 Å². The minimum atomic E-state index is -4.36. The first kappa shape index (κ1) is 12.7. The van der Waals surface area contributed by atoms with Crippen LogP contribution in [0.1, 0.15) is 12.5 Å². The molecule has 0 radical (unpaired) electrons. The van der Waals surface area contributed by atoms with Crippen LogP contribution >= 0.6 is 0 Å². The van der Waals surface area contributed by atoms with Gasteiger partial charge in [0.15, 0.2) is 0 Å². The molecule has 6 heteroatoms. The van der Waals surface area contributed by atoms with Crippen LogP contribution < -0.4 is 10.2 Å². The van der Waals surface area contributed by atoms with Crippen molar-refractivity contribution in [1.82, 2.24) is 5.32 Å². The van der Waals surface area contributed by atoms with Crippen LogP contribution in [0.3, 0.4) is 0 Å². The zero-order valence-electron chi connectivity index (χ0n) is 9.79. The maximum absolute atomic E-state index is 12.6. The number of piperazine rings is 1. The number of nitrogens with zero attached hydrogens (tertiary/aromatic N) is 1. The molecule has 98 valence electrons. The Morgan fingerprint density at radius 1 is 1.39 bits per heavy atom. The van der Waals surface area contributed by atoms with Crippen molar-refractivity contribution < 1.29 is 18.0 Å². The normalized spacial score (nSPS) is 20.8. The van der Waals surface area contributed by atoms with E-state index in [0.29, 0.717) is 18.8 Å². The molecule has 1 amide bonds. The van der Waals surface area contributed by atoms with Crippen LogP contribution in [0.4, 0.5) is 18.9 Å². The molecular formula is C12H13F3N2O. The van der Waals surface area contributed by atoms with E-state index < -0.39 is 17.8 Å². The Morgan fingerprint density at radius 2 is 2.11 bits per heavy atom. The number of rotatable bonds is 1. The summed E-state index contributed by atoms with van der Waals surface area (Å²) in [7, 11) is 0. The van der Waals surface area contributed by atoms with E-state index in [1.54, 1.807) is 17.9 Å². The molecule has 1 atom stereocenters. The highest BCUT2D eigenvalue weighted by atomic mass is 19.4. The van der Waals surface area contributed by atoms with E-state index in [1.807, 2.05) is 0 Å². The van der Waals surface area contributed by atoms with Crippen molar-refractivity contribution in [3.05, 3.63) is 29.8 Å². The van der Waals surface area contributed by atoms with Crippen molar-refractivity contribution in [2.24, 2.45) is 0 Å². The van der Waals surface area contributed by atoms with Crippen LogP contribution in [-0.2, 0) is 11.0 Å². The van der Waals surface area contributed by atoms with E-state index in [1.165, 1.54) is 6.07 Å². The van der Waals surface area contributed by atoms with Gasteiger partial charge in [-0.2, -0.15) is 13.2 Å². The summed E-state index contributed by atoms with van der Waals surface area (Å²) in [5, 5.41) is 2.67. The highest BCUT2D eigenvalue weighted by molar-refractivity contribution is 5.86. The van der Waals surface area contributed by atoms with Gasteiger partial charge in [-0.15, -0.1) is 0 Å². The van der Waals surface area contributed by atoms with Crippen molar-refractivity contribution >= 4 is 11.6 Å². The average molecular weight is 258 g/mol. The lowest BCUT2D eigenvalue weighted by Crippen LogP contribution is -2.54. The fourth-order valence-corrected chi connectivity index (χ4v) is 2.00. The highest BCUT2D eigenvalue weighted by Crippen LogP contribution is 2.32. The molecule has 1 unspecified atom stereocenters. The van der Waals surface area contributed by atoms with Crippen LogP contribution in [0, 0.1) is 0 Å². The SMILES string of the molecule is CC1C(=O)NCCN1c1cccc(C(F)(F)F)c1. The number of amides is 1. The predicted octanol–water partition coefficient (Wildman–Crippen LogP) is 2.03. The summed E-state index contributed by atoms with van der Waals surface area (Å²) in [5.74, 6) is -0.168. The summed E-state index contributed by atoms with van der Waals surface area (Å²) in [6.45, 7) is 2.63. The average Bonchev–Trinajstić information content (AvgIpc) is 2.32. The molecule has 1 aliphatic rings. The zero-order chi connectivity index (χ0) is 13.3. The maximum atomic E-state index is 12.6. The van der Waals surface area contributed by atoms with Gasteiger partial charge in [-0.05, 0) is 25.1 Å². The number of hydrogen-bond acceptors (Lipinski definition) is 2. The summed E-state index contributed by atoms with van der Waals surface area (Å²) in [6, 6.07) is 4.59. The molecular weight excluding hydrogens is 245 g/mol. The molecule has 0 bridgehead atoms. The largest absolute Gasteiger partial charge is 0.416 e. The number of benzene rings is 1. The first-order valence-electron chi connectivity index (χ1n) is 5.61. The van der Waals surface area contributed by atoms with E-state index in [9.17, 15) is 18.0 Å². The van der Waals surface area contributed by atoms with Gasteiger partial charge in [-0.25, -0.2) is 0 Å². The van der Waals surface area contributed by atoms with Crippen molar-refractivity contribution in [2.75, 3.05) is 18.0 Å². The van der Waals surface area contributed by atoms with Crippen molar-refractivity contribution in [1.29, 1.82) is 0 Å². The second-order valence-corrected chi connectivity index (χ2v) is 4.21. The molecule has 1 heterocycles. The molecule has 0 aliphatic carbocycles. The van der Waals surface area contributed by atoms with E-state index in [4.69, 9.17) is 0 Å². The van der Waals surface area contributed by atoms with Gasteiger partial charge in [-0.3, -0.25) is 4.79 Å². The van der Waals surface area contributed by atoms with Crippen LogP contribution in [0.5, 0.6) is 0 Å². The minimum absolute atomic E-state index is 0.168. The third-order valence-corrected chi connectivity index (χ3v) is 3.00. The molecule has 0 aromatic heterocycles. The van der Waals surface area contributed by atoms with Gasteiger partial charge in [0.2, 0.25) is 5.91 Å². The van der Waals surface area contributed by atoms with E-state index in [2.05, 4.69) is 5.32 Å². The van der Waals surface area contributed by atoms with E-state index in [0.717, 1.165) is 12.1 Å². The predicted molar refractivity (Wildman–Crippen MR) is 61.3 cm³/mol. The molecule has 1 fully saturated rings. The number of anilines is 1. The summed E-state index contributed by atoms with van der Waals surface area (Å²) in [5.41, 5.74) is -0.273. The lowest BCUT2D eigenvalue weighted by molar-refractivity contribution is -0.137. The number of nitrogens with one attached hydrogen (secondary N) is 1. The molecule has 1 aromatic carbocycles. The Labute approximate surface area is 103 Å². The summed E-state index contributed by atoms with van der Waals surface area (Å²) >= 11 is 0. The molecule has 1 N–H and O–H groups in total. The number of hydrogen-bond donors (Lipinski definition) is 1. The molecule has 3 nitrogen and oxygen atoms in total. The van der Waals surface area contributed by atoms with Crippen LogP contribution in [0.15, 0.2) is 24.3 Å². The van der Waals surface area contributed by atoms with E-state index >= 15 is 0 Å². The molecule has 0 saturated carbocycles. The molecule has 1 saturated heterocycles. The Morgan fingerprint density at radius 3 is 2.78 bits per heavy atom. The monoisotopic (exact) mass is 258 g/mol. The van der Waals surface area contributed by atoms with Crippen molar-refractivity contribution in [3.8, 4) is 0 Å². The highest BCUT2D eigenvalue weighted by Gasteiger charge is 2.32. The van der Waals surface area contributed by atoms with Gasteiger partial charge >= 0.3 is 6.18 Å². The summed E-state index contributed by atoms with van der Waals surface area (Å²) < 4.78 is 37.8. The molecule has 0 spiro atoms. The van der Waals surface area contributed by atoms with Crippen LogP contribution in [-0.4, -0.2) is 25.0 Å². The molecule has 1 aromatic rings. The second-order valence-electron chi connectivity index (χ2n) is 4.21. The van der Waals surface area contributed by atoms with Crippen molar-refractivity contribution in [3.63, 3.8) is 0 Å². The van der Waals surface area contributed by atoms with Gasteiger partial charge in [0, 0.05) is 18.8 Å². The second kappa shape index (κ2) is 4.51. The minimum Gasteiger partial charge on any atom is -0.358 e. The van der Waals surface area contributed by atoms with E-state index in [-0.39, 0.29) is 5.91 Å². The topological polar surface area (TPSA) is 32.3 Å². The smallest absolute Gasteiger partial charge is 0.358 e. The summed E-state index contributed by atoms with van der Waals surface area (Å²) in [6.07, 6.45) is -4.36. The number of carbonyl (C=O) groups is 1. The Hall–Kier alpha value is -1.72. The Bertz CT molecular complexity index is 459. The van der Waals surface area contributed by atoms with Gasteiger partial charge in [0.05, 0.1) is 5.56 Å². The number of alkyl halides is 3. The summed E-state index contributed by atoms with van der Waals surface area (Å²) in [4.78, 5) is 13.2. The fourth-order valence-electron chi connectivity index (χ4n) is 2.00. The molecule has 1 aliphatic heterocycles. The Balaban J connectivity index is 2.31. The number of halogens is 3. The van der Waals surface area contributed by atoms with Gasteiger partial charge in [0.1, 0.15) is 6.04 Å². The lowest BCUT2D eigenvalue weighted by Gasteiger charge is -2.35. The Kier molecular flexibility index (Phi) is 3.19. The fraction of sp³-hybridized carbons (Fsp3) is 0.417.